The molecule has 1 aromatic carbocycles. The first-order valence-corrected chi connectivity index (χ1v) is 9.73. The van der Waals surface area contributed by atoms with Crippen LogP contribution in [0.2, 0.25) is 5.02 Å². The molecule has 1 saturated heterocycles. The van der Waals surface area contributed by atoms with Crippen LogP contribution in [0.1, 0.15) is 38.7 Å². The van der Waals surface area contributed by atoms with Gasteiger partial charge in [-0.1, -0.05) is 11.6 Å². The second-order valence-corrected chi connectivity index (χ2v) is 7.40. The number of furan rings is 1. The summed E-state index contributed by atoms with van der Waals surface area (Å²) < 4.78 is 63.4. The van der Waals surface area contributed by atoms with E-state index in [1.807, 2.05) is 4.90 Å². The quantitative estimate of drug-likeness (QED) is 0.503. The van der Waals surface area contributed by atoms with Crippen molar-refractivity contribution in [3.63, 3.8) is 0 Å². The second-order valence-electron chi connectivity index (χ2n) is 7.00. The van der Waals surface area contributed by atoms with E-state index in [0.29, 0.717) is 43.9 Å². The molecule has 1 fully saturated rings. The summed E-state index contributed by atoms with van der Waals surface area (Å²) in [5.74, 6) is -2.03. The Hall–Kier alpha value is -2.59. The molecule has 2 aromatic rings. The molecule has 0 unspecified atom stereocenters. The molecule has 1 aliphatic rings. The molecule has 6 nitrogen and oxygen atoms in total. The lowest BCUT2D eigenvalue weighted by atomic mass is 10.1. The van der Waals surface area contributed by atoms with Crippen LogP contribution in [-0.2, 0) is 17.5 Å². The van der Waals surface area contributed by atoms with Gasteiger partial charge in [0.2, 0.25) is 5.76 Å². The number of amides is 1. The Morgan fingerprint density at radius 2 is 1.90 bits per heavy atom. The molecule has 0 atom stereocenters. The highest BCUT2D eigenvalue weighted by atomic mass is 35.5. The van der Waals surface area contributed by atoms with Gasteiger partial charge >= 0.3 is 12.1 Å². The maximum atomic E-state index is 14.3. The highest BCUT2D eigenvalue weighted by Gasteiger charge is 2.34. The highest BCUT2D eigenvalue weighted by molar-refractivity contribution is 6.31. The molecular formula is C20H19ClF4N2O4. The molecule has 1 aromatic heterocycles. The molecule has 31 heavy (non-hydrogen) atoms. The summed E-state index contributed by atoms with van der Waals surface area (Å²) in [6.07, 6.45) is -4.24. The second kappa shape index (κ2) is 9.27. The maximum absolute atomic E-state index is 14.3. The fourth-order valence-electron chi connectivity index (χ4n) is 3.30. The Labute approximate surface area is 180 Å². The molecule has 3 rings (SSSR count). The predicted molar refractivity (Wildman–Crippen MR) is 102 cm³/mol. The fourth-order valence-corrected chi connectivity index (χ4v) is 3.52. The number of ether oxygens (including phenoxy) is 1. The summed E-state index contributed by atoms with van der Waals surface area (Å²) in [7, 11) is 1.24. The van der Waals surface area contributed by atoms with Crippen LogP contribution >= 0.6 is 11.6 Å². The van der Waals surface area contributed by atoms with Crippen molar-refractivity contribution in [2.45, 2.75) is 19.1 Å². The number of benzene rings is 1. The summed E-state index contributed by atoms with van der Waals surface area (Å²) in [5.41, 5.74) is -1.89. The summed E-state index contributed by atoms with van der Waals surface area (Å²) >= 11 is 5.59. The van der Waals surface area contributed by atoms with E-state index < -0.39 is 40.0 Å². The first kappa shape index (κ1) is 23.1. The highest BCUT2D eigenvalue weighted by Crippen LogP contribution is 2.34. The van der Waals surface area contributed by atoms with E-state index in [4.69, 9.17) is 16.0 Å². The van der Waals surface area contributed by atoms with Gasteiger partial charge in [-0.05, 0) is 30.7 Å². The lowest BCUT2D eigenvalue weighted by molar-refractivity contribution is -0.137. The first-order valence-electron chi connectivity index (χ1n) is 9.35. The van der Waals surface area contributed by atoms with Gasteiger partial charge in [-0.3, -0.25) is 9.69 Å². The smallest absolute Gasteiger partial charge is 0.416 e. The number of carbonyl (C=O) groups is 2. The maximum Gasteiger partial charge on any atom is 0.416 e. The van der Waals surface area contributed by atoms with Crippen LogP contribution in [0.3, 0.4) is 0 Å². The first-order chi connectivity index (χ1) is 14.6. The van der Waals surface area contributed by atoms with Crippen molar-refractivity contribution in [3.8, 4) is 0 Å². The van der Waals surface area contributed by atoms with Crippen LogP contribution in [-0.4, -0.2) is 55.0 Å². The van der Waals surface area contributed by atoms with Crippen molar-refractivity contribution in [2.24, 2.45) is 0 Å². The van der Waals surface area contributed by atoms with Crippen molar-refractivity contribution in [1.29, 1.82) is 0 Å². The van der Waals surface area contributed by atoms with E-state index in [1.165, 1.54) is 18.1 Å². The Kier molecular flexibility index (Phi) is 6.90. The largest absolute Gasteiger partial charge is 0.463 e. The molecule has 0 aliphatic carbocycles. The number of halogens is 5. The summed E-state index contributed by atoms with van der Waals surface area (Å²) in [4.78, 5) is 27.5. The number of methoxy groups -OCH3 is 1. The summed E-state index contributed by atoms with van der Waals surface area (Å²) in [6, 6.07) is 4.09. The average Bonchev–Trinajstić information content (AvgIpc) is 3.06. The number of alkyl halides is 3. The lowest BCUT2D eigenvalue weighted by Crippen LogP contribution is -2.35. The zero-order chi connectivity index (χ0) is 22.8. The summed E-state index contributed by atoms with van der Waals surface area (Å²) in [5, 5.41) is -0.756. The molecule has 0 radical (unpaired) electrons. The van der Waals surface area contributed by atoms with Crippen LogP contribution in [0, 0.1) is 5.82 Å². The Morgan fingerprint density at radius 3 is 2.58 bits per heavy atom. The number of hydrogen-bond acceptors (Lipinski definition) is 5. The van der Waals surface area contributed by atoms with Crippen molar-refractivity contribution >= 4 is 23.5 Å². The molecule has 0 bridgehead atoms. The molecule has 1 aliphatic heterocycles. The molecule has 11 heteroatoms. The van der Waals surface area contributed by atoms with Gasteiger partial charge in [-0.15, -0.1) is 0 Å². The van der Waals surface area contributed by atoms with E-state index >= 15 is 0 Å². The normalized spacial score (nSPS) is 15.6. The zero-order valence-corrected chi connectivity index (χ0v) is 17.2. The van der Waals surface area contributed by atoms with E-state index in [0.717, 1.165) is 0 Å². The third kappa shape index (κ3) is 5.37. The molecule has 1 amide bonds. The van der Waals surface area contributed by atoms with Gasteiger partial charge in [0, 0.05) is 26.2 Å². The average molecular weight is 463 g/mol. The number of hydrogen-bond donors (Lipinski definition) is 0. The van der Waals surface area contributed by atoms with E-state index in [-0.39, 0.29) is 18.8 Å². The number of esters is 1. The van der Waals surface area contributed by atoms with Crippen molar-refractivity contribution in [1.82, 2.24) is 9.80 Å². The monoisotopic (exact) mass is 462 g/mol. The van der Waals surface area contributed by atoms with E-state index in [2.05, 4.69) is 4.74 Å². The zero-order valence-electron chi connectivity index (χ0n) is 16.5. The minimum absolute atomic E-state index is 0.0704. The van der Waals surface area contributed by atoms with Crippen LogP contribution in [0.5, 0.6) is 0 Å². The molecular weight excluding hydrogens is 444 g/mol. The van der Waals surface area contributed by atoms with Crippen LogP contribution < -0.4 is 0 Å². The number of rotatable bonds is 4. The predicted octanol–water partition coefficient (Wildman–Crippen LogP) is 4.23. The molecule has 0 spiro atoms. The number of carbonyl (C=O) groups excluding carboxylic acids is 2. The number of nitrogens with zero attached hydrogens (tertiary/aromatic N) is 2. The van der Waals surface area contributed by atoms with Gasteiger partial charge in [0.1, 0.15) is 5.76 Å². The third-order valence-electron chi connectivity index (χ3n) is 4.89. The molecule has 0 N–H and O–H groups in total. The molecule has 0 saturated carbocycles. The van der Waals surface area contributed by atoms with E-state index in [9.17, 15) is 27.2 Å². The molecule has 168 valence electrons. The van der Waals surface area contributed by atoms with Gasteiger partial charge in [-0.2, -0.15) is 13.2 Å². The van der Waals surface area contributed by atoms with Gasteiger partial charge in [0.15, 0.2) is 5.82 Å². The Morgan fingerprint density at radius 1 is 1.16 bits per heavy atom. The van der Waals surface area contributed by atoms with Crippen LogP contribution in [0.15, 0.2) is 28.7 Å². The van der Waals surface area contributed by atoms with Gasteiger partial charge in [0.25, 0.3) is 5.91 Å². The Bertz CT molecular complexity index is 977. The van der Waals surface area contributed by atoms with Gasteiger partial charge in [0.05, 0.1) is 29.8 Å². The lowest BCUT2D eigenvalue weighted by Gasteiger charge is -2.22. The van der Waals surface area contributed by atoms with Crippen molar-refractivity contribution in [2.75, 3.05) is 33.3 Å². The standard InChI is InChI=1S/C20H19ClF4N2O4/c1-30-19(29)16-4-3-13(31-16)11-26-5-2-6-27(8-7-26)18(28)14-9-12(20(23,24)25)10-15(21)17(14)22/h3-4,9-10H,2,5-8,11H2,1H3. The van der Waals surface area contributed by atoms with Crippen LogP contribution in [0.4, 0.5) is 17.6 Å². The third-order valence-corrected chi connectivity index (χ3v) is 5.16. The van der Waals surface area contributed by atoms with Crippen LogP contribution in [0.25, 0.3) is 0 Å². The summed E-state index contributed by atoms with van der Waals surface area (Å²) in [6.45, 7) is 1.74. The minimum Gasteiger partial charge on any atom is -0.463 e. The van der Waals surface area contributed by atoms with Gasteiger partial charge < -0.3 is 14.1 Å². The van der Waals surface area contributed by atoms with Gasteiger partial charge in [-0.25, -0.2) is 9.18 Å². The Balaban J connectivity index is 1.69. The van der Waals surface area contributed by atoms with Crippen molar-refractivity contribution < 1.29 is 36.3 Å². The molecule has 2 heterocycles. The fraction of sp³-hybridized carbons (Fsp3) is 0.400. The van der Waals surface area contributed by atoms with Crippen molar-refractivity contribution in [3.05, 3.63) is 57.8 Å². The SMILES string of the molecule is COC(=O)c1ccc(CN2CCCN(C(=O)c3cc(C(F)(F)F)cc(Cl)c3F)CC2)o1. The topological polar surface area (TPSA) is 63.0 Å². The van der Waals surface area contributed by atoms with E-state index in [1.54, 1.807) is 6.07 Å². The minimum atomic E-state index is -4.76.